The first-order valence-corrected chi connectivity index (χ1v) is 6.68. The van der Waals surface area contributed by atoms with E-state index in [2.05, 4.69) is 4.72 Å². The number of fused-ring (bicyclic) bond motifs is 1. The van der Waals surface area contributed by atoms with Gasteiger partial charge in [0.1, 0.15) is 5.75 Å². The van der Waals surface area contributed by atoms with Gasteiger partial charge in [0.25, 0.3) is 10.0 Å². The number of hydrogen-bond acceptors (Lipinski definition) is 5. The number of carbonyl (C=O) groups is 1. The molecule has 0 radical (unpaired) electrons. The molecule has 1 aromatic carbocycles. The van der Waals surface area contributed by atoms with Gasteiger partial charge in [-0.15, -0.1) is 0 Å². The van der Waals surface area contributed by atoms with E-state index in [1.807, 2.05) is 0 Å². The summed E-state index contributed by atoms with van der Waals surface area (Å²) in [7, 11) is -3.46. The van der Waals surface area contributed by atoms with Gasteiger partial charge in [-0.2, -0.15) is 0 Å². The number of ether oxygens (including phenoxy) is 1. The van der Waals surface area contributed by atoms with Crippen molar-refractivity contribution in [3.8, 4) is 5.75 Å². The third-order valence-electron chi connectivity index (χ3n) is 2.31. The van der Waals surface area contributed by atoms with E-state index in [1.54, 1.807) is 12.1 Å². The van der Waals surface area contributed by atoms with Crippen LogP contribution in [-0.4, -0.2) is 26.7 Å². The molecule has 0 saturated heterocycles. The van der Waals surface area contributed by atoms with Crippen molar-refractivity contribution in [2.75, 3.05) is 17.2 Å². The molecule has 1 heterocycles. The smallest absolute Gasteiger partial charge is 0.268 e. The average molecular weight is 256 g/mol. The monoisotopic (exact) mass is 256 g/mol. The van der Waals surface area contributed by atoms with Crippen molar-refractivity contribution in [3.05, 3.63) is 23.8 Å². The number of sulfonamides is 1. The fraction of sp³-hybridized carbons (Fsp3) is 0.300. The zero-order chi connectivity index (χ0) is 12.5. The molecule has 0 bridgehead atoms. The Labute approximate surface area is 98.8 Å². The number of benzene rings is 1. The highest BCUT2D eigenvalue weighted by atomic mass is 32.2. The Kier molecular flexibility index (Phi) is 3.03. The second-order valence-corrected chi connectivity index (χ2v) is 5.32. The van der Waals surface area contributed by atoms with Gasteiger partial charge in [-0.1, -0.05) is 0 Å². The molecule has 6 nitrogen and oxygen atoms in total. The molecule has 0 amide bonds. The first kappa shape index (κ1) is 11.9. The van der Waals surface area contributed by atoms with Crippen LogP contribution in [0.3, 0.4) is 0 Å². The minimum atomic E-state index is -3.46. The number of hydrogen-bond donors (Lipinski definition) is 2. The molecular weight excluding hydrogens is 244 g/mol. The first-order valence-electron chi connectivity index (χ1n) is 5.02. The van der Waals surface area contributed by atoms with Crippen molar-refractivity contribution >= 4 is 21.5 Å². The number of carbonyl (C=O) groups excluding carboxylic acids is 1. The van der Waals surface area contributed by atoms with E-state index >= 15 is 0 Å². The minimum Gasteiger partial charge on any atom is -0.474 e. The molecule has 0 unspecified atom stereocenters. The Morgan fingerprint density at radius 2 is 2.24 bits per heavy atom. The predicted molar refractivity (Wildman–Crippen MR) is 62.5 cm³/mol. The number of rotatable bonds is 3. The molecule has 0 aromatic heterocycles. The normalized spacial score (nSPS) is 16.5. The van der Waals surface area contributed by atoms with Gasteiger partial charge in [-0.25, -0.2) is 8.42 Å². The summed E-state index contributed by atoms with van der Waals surface area (Å²) in [5.41, 5.74) is 6.00. The lowest BCUT2D eigenvalue weighted by atomic mass is 10.1. The van der Waals surface area contributed by atoms with Gasteiger partial charge in [0.2, 0.25) is 5.94 Å². The highest BCUT2D eigenvalue weighted by molar-refractivity contribution is 7.92. The second kappa shape index (κ2) is 4.34. The summed E-state index contributed by atoms with van der Waals surface area (Å²) in [4.78, 5) is 11.6. The quantitative estimate of drug-likeness (QED) is 0.758. The molecule has 0 saturated carbocycles. The number of anilines is 1. The first-order chi connectivity index (χ1) is 8.02. The molecule has 0 fully saturated rings. The van der Waals surface area contributed by atoms with Gasteiger partial charge in [-0.3, -0.25) is 9.52 Å². The Hall–Kier alpha value is -1.60. The summed E-state index contributed by atoms with van der Waals surface area (Å²) in [6.07, 6.45) is 0.229. The molecule has 7 heteroatoms. The van der Waals surface area contributed by atoms with Gasteiger partial charge in [0.15, 0.2) is 5.78 Å². The summed E-state index contributed by atoms with van der Waals surface area (Å²) >= 11 is 0. The Balaban J connectivity index is 2.33. The molecule has 92 valence electrons. The van der Waals surface area contributed by atoms with Crippen LogP contribution in [0.15, 0.2) is 18.2 Å². The number of Topliss-reactive ketones (excluding diaryl/α,β-unsaturated/α-hetero) is 1. The van der Waals surface area contributed by atoms with Crippen molar-refractivity contribution in [3.63, 3.8) is 0 Å². The van der Waals surface area contributed by atoms with Gasteiger partial charge in [-0.05, 0) is 24.7 Å². The fourth-order valence-electron chi connectivity index (χ4n) is 1.52. The number of ketones is 1. The number of nitrogens with one attached hydrogen (secondary N) is 1. The fourth-order valence-corrected chi connectivity index (χ4v) is 2.36. The summed E-state index contributed by atoms with van der Waals surface area (Å²) in [5.74, 6) is -0.111. The molecular formula is C10H12N2O4S. The molecule has 17 heavy (non-hydrogen) atoms. The summed E-state index contributed by atoms with van der Waals surface area (Å²) in [6, 6.07) is 4.63. The molecule has 0 aliphatic carbocycles. The molecule has 0 spiro atoms. The Morgan fingerprint density at radius 3 is 2.94 bits per heavy atom. The zero-order valence-corrected chi connectivity index (χ0v) is 9.79. The van der Waals surface area contributed by atoms with Crippen LogP contribution in [0.2, 0.25) is 0 Å². The summed E-state index contributed by atoms with van der Waals surface area (Å²) in [5, 5.41) is 0. The van der Waals surface area contributed by atoms with Crippen molar-refractivity contribution < 1.29 is 17.9 Å². The van der Waals surface area contributed by atoms with Crippen LogP contribution in [0.1, 0.15) is 16.8 Å². The lowest BCUT2D eigenvalue weighted by Gasteiger charge is -2.19. The largest absolute Gasteiger partial charge is 0.474 e. The van der Waals surface area contributed by atoms with Crippen LogP contribution in [0.4, 0.5) is 5.69 Å². The maximum absolute atomic E-state index is 11.6. The lowest BCUT2D eigenvalue weighted by molar-refractivity contribution is 0.0985. The van der Waals surface area contributed by atoms with Crippen LogP contribution in [-0.2, 0) is 10.0 Å². The maximum Gasteiger partial charge on any atom is 0.268 e. The maximum atomic E-state index is 11.6. The van der Waals surface area contributed by atoms with Crippen molar-refractivity contribution in [2.24, 2.45) is 5.73 Å². The van der Waals surface area contributed by atoms with Gasteiger partial charge >= 0.3 is 0 Å². The van der Waals surface area contributed by atoms with Gasteiger partial charge < -0.3 is 10.5 Å². The van der Waals surface area contributed by atoms with Gasteiger partial charge in [0, 0.05) is 12.0 Å². The van der Waals surface area contributed by atoms with Crippen LogP contribution in [0.25, 0.3) is 0 Å². The van der Waals surface area contributed by atoms with E-state index < -0.39 is 16.0 Å². The molecule has 1 aromatic rings. The van der Waals surface area contributed by atoms with Crippen LogP contribution in [0, 0.1) is 0 Å². The predicted octanol–water partition coefficient (Wildman–Crippen LogP) is 0.310. The average Bonchev–Trinajstić information content (AvgIpc) is 2.27. The summed E-state index contributed by atoms with van der Waals surface area (Å²) in [6.45, 7) is 0.262. The number of nitrogens with two attached hydrogens (primary N) is 1. The zero-order valence-electron chi connectivity index (χ0n) is 8.97. The third-order valence-corrected chi connectivity index (χ3v) is 3.27. The Bertz CT molecular complexity index is 553. The molecule has 3 N–H and O–H groups in total. The molecule has 1 aliphatic heterocycles. The van der Waals surface area contributed by atoms with E-state index in [-0.39, 0.29) is 18.7 Å². The summed E-state index contributed by atoms with van der Waals surface area (Å²) < 4.78 is 29.9. The van der Waals surface area contributed by atoms with Crippen molar-refractivity contribution in [1.29, 1.82) is 0 Å². The highest BCUT2D eigenvalue weighted by Crippen LogP contribution is 2.30. The second-order valence-electron chi connectivity index (χ2n) is 3.65. The van der Waals surface area contributed by atoms with Crippen molar-refractivity contribution in [2.45, 2.75) is 6.42 Å². The lowest BCUT2D eigenvalue weighted by Crippen LogP contribution is -2.25. The van der Waals surface area contributed by atoms with Crippen LogP contribution in [0.5, 0.6) is 5.75 Å². The highest BCUT2D eigenvalue weighted by Gasteiger charge is 2.22. The SMILES string of the molecule is NCCC(=O)c1ccc2c(c1)NS(=O)(=O)CO2. The van der Waals surface area contributed by atoms with Crippen LogP contribution < -0.4 is 15.2 Å². The molecule has 1 aliphatic rings. The van der Waals surface area contributed by atoms with E-state index in [0.717, 1.165) is 0 Å². The van der Waals surface area contributed by atoms with E-state index in [9.17, 15) is 13.2 Å². The van der Waals surface area contributed by atoms with Gasteiger partial charge in [0.05, 0.1) is 5.69 Å². The third kappa shape index (κ3) is 2.56. The van der Waals surface area contributed by atoms with E-state index in [1.165, 1.54) is 6.07 Å². The molecule has 2 rings (SSSR count). The molecule has 0 atom stereocenters. The van der Waals surface area contributed by atoms with Crippen molar-refractivity contribution in [1.82, 2.24) is 0 Å². The standard InChI is InChI=1S/C10H12N2O4S/c11-4-3-9(13)7-1-2-10-8(5-7)12-17(14,15)6-16-10/h1-2,5,12H,3-4,6,11H2. The van der Waals surface area contributed by atoms with Crippen LogP contribution >= 0.6 is 0 Å². The Morgan fingerprint density at radius 1 is 1.47 bits per heavy atom. The van der Waals surface area contributed by atoms with E-state index in [4.69, 9.17) is 10.5 Å². The van der Waals surface area contributed by atoms with E-state index in [0.29, 0.717) is 17.0 Å². The minimum absolute atomic E-state index is 0.125. The topological polar surface area (TPSA) is 98.5 Å².